The topological polar surface area (TPSA) is 121 Å². The van der Waals surface area contributed by atoms with Crippen molar-refractivity contribution in [3.05, 3.63) is 65.7 Å². The first-order valence-electron chi connectivity index (χ1n) is 9.02. The molecule has 8 heteroatoms. The Hall–Kier alpha value is -4.30. The molecule has 1 aromatic heterocycles. The number of hydrogen-bond donors (Lipinski definition) is 1. The molecule has 1 N–H and O–H groups in total. The number of rotatable bonds is 6. The highest BCUT2D eigenvalue weighted by Gasteiger charge is 2.20. The Bertz CT molecular complexity index is 1200. The van der Waals surface area contributed by atoms with Gasteiger partial charge in [0.15, 0.2) is 17.7 Å². The lowest BCUT2D eigenvalue weighted by molar-refractivity contribution is -0.150. The molecule has 0 saturated carbocycles. The van der Waals surface area contributed by atoms with Gasteiger partial charge < -0.3 is 19.1 Å². The van der Waals surface area contributed by atoms with Crippen LogP contribution in [0.15, 0.2) is 54.3 Å². The molecular weight excluding hydrogens is 384 g/mol. The van der Waals surface area contributed by atoms with Gasteiger partial charge >= 0.3 is 5.97 Å². The second kappa shape index (κ2) is 8.80. The highest BCUT2D eigenvalue weighted by molar-refractivity contribution is 5.84. The van der Waals surface area contributed by atoms with E-state index >= 15 is 0 Å². The van der Waals surface area contributed by atoms with Gasteiger partial charge in [0.05, 0.1) is 22.7 Å². The third-order valence-corrected chi connectivity index (χ3v) is 4.39. The quantitative estimate of drug-likeness (QED) is 0.381. The van der Waals surface area contributed by atoms with Crippen LogP contribution in [-0.4, -0.2) is 33.3 Å². The number of para-hydroxylation sites is 2. The zero-order chi connectivity index (χ0) is 21.7. The van der Waals surface area contributed by atoms with E-state index in [1.54, 1.807) is 41.9 Å². The maximum absolute atomic E-state index is 12.2. The third kappa shape index (κ3) is 4.23. The average Bonchev–Trinajstić information content (AvgIpc) is 3.09. The number of fused-ring (bicyclic) bond motifs is 1. The van der Waals surface area contributed by atoms with Crippen LogP contribution in [0.1, 0.15) is 18.3 Å². The molecule has 0 aliphatic heterocycles. The van der Waals surface area contributed by atoms with Crippen LogP contribution in [0, 0.1) is 22.7 Å². The SMILES string of the molecule is C[C@@H](Oc1ccc(C#N)cc1)C(=O)OC/C(O)=C(\C#N)c1nc2ccccc2n1C. The van der Waals surface area contributed by atoms with E-state index in [9.17, 15) is 15.2 Å². The minimum atomic E-state index is -0.952. The maximum Gasteiger partial charge on any atom is 0.347 e. The number of aliphatic hydroxyl groups is 1. The first-order valence-corrected chi connectivity index (χ1v) is 9.02. The van der Waals surface area contributed by atoms with Crippen molar-refractivity contribution in [3.8, 4) is 17.9 Å². The molecule has 0 radical (unpaired) electrons. The first-order chi connectivity index (χ1) is 14.4. The van der Waals surface area contributed by atoms with Crippen LogP contribution in [-0.2, 0) is 16.6 Å². The second-order valence-corrected chi connectivity index (χ2v) is 6.42. The van der Waals surface area contributed by atoms with Crippen molar-refractivity contribution in [3.63, 3.8) is 0 Å². The van der Waals surface area contributed by atoms with Crippen LogP contribution in [0.2, 0.25) is 0 Å². The third-order valence-electron chi connectivity index (χ3n) is 4.39. The van der Waals surface area contributed by atoms with E-state index in [0.29, 0.717) is 16.8 Å². The molecular formula is C22H18N4O4. The molecule has 0 unspecified atom stereocenters. The molecule has 0 aliphatic rings. The minimum absolute atomic E-state index is 0.0813. The molecule has 0 bridgehead atoms. The maximum atomic E-state index is 12.2. The molecule has 30 heavy (non-hydrogen) atoms. The summed E-state index contributed by atoms with van der Waals surface area (Å²) in [5, 5.41) is 28.7. The molecule has 150 valence electrons. The van der Waals surface area contributed by atoms with Crippen molar-refractivity contribution in [2.75, 3.05) is 6.61 Å². The zero-order valence-electron chi connectivity index (χ0n) is 16.4. The van der Waals surface area contributed by atoms with Crippen LogP contribution in [0.4, 0.5) is 0 Å². The Morgan fingerprint density at radius 1 is 1.20 bits per heavy atom. The monoisotopic (exact) mass is 402 g/mol. The van der Waals surface area contributed by atoms with Gasteiger partial charge in [-0.15, -0.1) is 0 Å². The highest BCUT2D eigenvalue weighted by atomic mass is 16.6. The van der Waals surface area contributed by atoms with Crippen LogP contribution >= 0.6 is 0 Å². The van der Waals surface area contributed by atoms with Crippen LogP contribution in [0.25, 0.3) is 16.6 Å². The van der Waals surface area contributed by atoms with Gasteiger partial charge in [-0.25, -0.2) is 9.78 Å². The van der Waals surface area contributed by atoms with Crippen molar-refractivity contribution < 1.29 is 19.4 Å². The Labute approximate surface area is 172 Å². The van der Waals surface area contributed by atoms with Gasteiger partial charge in [-0.2, -0.15) is 10.5 Å². The molecule has 0 aliphatic carbocycles. The summed E-state index contributed by atoms with van der Waals surface area (Å²) in [5.41, 5.74) is 1.87. The number of carbonyl (C=O) groups is 1. The number of hydrogen-bond acceptors (Lipinski definition) is 7. The molecule has 0 saturated heterocycles. The number of aromatic nitrogens is 2. The number of esters is 1. The predicted octanol–water partition coefficient (Wildman–Crippen LogP) is 3.25. The van der Waals surface area contributed by atoms with E-state index in [-0.39, 0.29) is 11.4 Å². The van der Waals surface area contributed by atoms with E-state index in [1.165, 1.54) is 6.92 Å². The van der Waals surface area contributed by atoms with Crippen LogP contribution < -0.4 is 4.74 Å². The smallest absolute Gasteiger partial charge is 0.347 e. The molecule has 1 atom stereocenters. The van der Waals surface area contributed by atoms with Gasteiger partial charge in [0.2, 0.25) is 0 Å². The van der Waals surface area contributed by atoms with E-state index < -0.39 is 24.4 Å². The Morgan fingerprint density at radius 2 is 1.90 bits per heavy atom. The number of carbonyl (C=O) groups excluding carboxylic acids is 1. The summed E-state index contributed by atoms with van der Waals surface area (Å²) in [6.45, 7) is 1.00. The van der Waals surface area contributed by atoms with Gasteiger partial charge in [0.25, 0.3) is 0 Å². The van der Waals surface area contributed by atoms with Gasteiger partial charge in [-0.05, 0) is 43.3 Å². The first kappa shape index (κ1) is 20.4. The van der Waals surface area contributed by atoms with Gasteiger partial charge in [-0.3, -0.25) is 0 Å². The Balaban J connectivity index is 1.70. The Kier molecular flexibility index (Phi) is 6.00. The van der Waals surface area contributed by atoms with Gasteiger partial charge in [0, 0.05) is 7.05 Å². The van der Waals surface area contributed by atoms with Crippen molar-refractivity contribution in [2.45, 2.75) is 13.0 Å². The number of ether oxygens (including phenoxy) is 2. The van der Waals surface area contributed by atoms with Crippen LogP contribution in [0.5, 0.6) is 5.75 Å². The summed E-state index contributed by atoms with van der Waals surface area (Å²) in [6, 6.07) is 17.5. The largest absolute Gasteiger partial charge is 0.507 e. The fourth-order valence-electron chi connectivity index (χ4n) is 2.80. The summed E-state index contributed by atoms with van der Waals surface area (Å²) < 4.78 is 12.2. The lowest BCUT2D eigenvalue weighted by atomic mass is 10.2. The van der Waals surface area contributed by atoms with Crippen LogP contribution in [0.3, 0.4) is 0 Å². The lowest BCUT2D eigenvalue weighted by Crippen LogP contribution is -2.27. The lowest BCUT2D eigenvalue weighted by Gasteiger charge is -2.14. The molecule has 0 fully saturated rings. The van der Waals surface area contributed by atoms with Crippen molar-refractivity contribution >= 4 is 22.6 Å². The van der Waals surface area contributed by atoms with E-state index in [4.69, 9.17) is 14.7 Å². The number of benzene rings is 2. The Morgan fingerprint density at radius 3 is 2.53 bits per heavy atom. The number of aryl methyl sites for hydroxylation is 1. The summed E-state index contributed by atoms with van der Waals surface area (Å²) in [5.74, 6) is -0.451. The van der Waals surface area contributed by atoms with E-state index in [1.807, 2.05) is 30.3 Å². The molecule has 0 spiro atoms. The van der Waals surface area contributed by atoms with Crippen molar-refractivity contribution in [1.29, 1.82) is 10.5 Å². The van der Waals surface area contributed by atoms with E-state index in [2.05, 4.69) is 4.98 Å². The predicted molar refractivity (Wildman–Crippen MR) is 108 cm³/mol. The summed E-state index contributed by atoms with van der Waals surface area (Å²) in [4.78, 5) is 16.6. The second-order valence-electron chi connectivity index (χ2n) is 6.42. The average molecular weight is 402 g/mol. The summed E-state index contributed by atoms with van der Waals surface area (Å²) >= 11 is 0. The standard InChI is InChI=1S/C22H18N4O4/c1-14(30-16-9-7-15(11-23)8-10-16)22(28)29-13-20(27)17(12-24)21-25-18-5-3-4-6-19(18)26(21)2/h3-10,14,27H,13H2,1-2H3/b20-17-/t14-/m1/s1. The highest BCUT2D eigenvalue weighted by Crippen LogP contribution is 2.22. The molecule has 1 heterocycles. The number of imidazole rings is 1. The molecule has 2 aromatic carbocycles. The zero-order valence-corrected chi connectivity index (χ0v) is 16.4. The van der Waals surface area contributed by atoms with Crippen molar-refractivity contribution in [2.24, 2.45) is 7.05 Å². The number of nitriles is 2. The van der Waals surface area contributed by atoms with E-state index in [0.717, 1.165) is 5.52 Å². The van der Waals surface area contributed by atoms with Crippen molar-refractivity contribution in [1.82, 2.24) is 9.55 Å². The summed E-state index contributed by atoms with van der Waals surface area (Å²) in [7, 11) is 1.73. The fourth-order valence-corrected chi connectivity index (χ4v) is 2.80. The number of nitrogens with zero attached hydrogens (tertiary/aromatic N) is 4. The van der Waals surface area contributed by atoms with Gasteiger partial charge in [0.1, 0.15) is 24.0 Å². The number of allylic oxidation sites excluding steroid dienone is 1. The molecule has 3 aromatic rings. The molecule has 8 nitrogen and oxygen atoms in total. The fraction of sp³-hybridized carbons (Fsp3) is 0.182. The summed E-state index contributed by atoms with van der Waals surface area (Å²) in [6.07, 6.45) is -0.952. The normalized spacial score (nSPS) is 12.4. The minimum Gasteiger partial charge on any atom is -0.507 e. The molecule has 3 rings (SSSR count). The number of aliphatic hydroxyl groups excluding tert-OH is 1. The van der Waals surface area contributed by atoms with Gasteiger partial charge in [-0.1, -0.05) is 12.1 Å². The molecule has 0 amide bonds.